The molecule has 128 valence electrons. The molecule has 24 heavy (non-hydrogen) atoms. The molecule has 5 nitrogen and oxygen atoms in total. The minimum Gasteiger partial charge on any atom is -0.459 e. The van der Waals surface area contributed by atoms with E-state index in [1.54, 1.807) is 0 Å². The smallest absolute Gasteiger partial charge is 0.237 e. The SMILES string of the molecule is Cc1c(CNC(=O)[C@H]2CC3(CCNCC3)CN2)oc2ccccc12. The van der Waals surface area contributed by atoms with Gasteiger partial charge in [0.05, 0.1) is 12.6 Å². The molecule has 3 heterocycles. The summed E-state index contributed by atoms with van der Waals surface area (Å²) in [7, 11) is 0. The Bertz CT molecular complexity index is 746. The summed E-state index contributed by atoms with van der Waals surface area (Å²) >= 11 is 0. The minimum atomic E-state index is -0.0761. The van der Waals surface area contributed by atoms with Crippen LogP contribution in [0.5, 0.6) is 0 Å². The van der Waals surface area contributed by atoms with Crippen molar-refractivity contribution in [2.45, 2.75) is 38.8 Å². The normalized spacial score (nSPS) is 23.0. The van der Waals surface area contributed by atoms with Crippen molar-refractivity contribution in [3.05, 3.63) is 35.6 Å². The number of aryl methyl sites for hydroxylation is 1. The zero-order valence-corrected chi connectivity index (χ0v) is 14.2. The van der Waals surface area contributed by atoms with Gasteiger partial charge in [0.2, 0.25) is 5.91 Å². The molecule has 2 aliphatic rings. The Balaban J connectivity index is 1.39. The second kappa shape index (κ2) is 6.22. The molecule has 3 N–H and O–H groups in total. The second-order valence-electron chi connectivity index (χ2n) is 7.25. The molecule has 0 bridgehead atoms. The number of hydrogen-bond donors (Lipinski definition) is 3. The Morgan fingerprint density at radius 1 is 1.33 bits per heavy atom. The van der Waals surface area contributed by atoms with Crippen LogP contribution in [0.3, 0.4) is 0 Å². The van der Waals surface area contributed by atoms with E-state index in [0.29, 0.717) is 12.0 Å². The fourth-order valence-electron chi connectivity index (χ4n) is 4.12. The first-order chi connectivity index (χ1) is 11.7. The zero-order valence-electron chi connectivity index (χ0n) is 14.2. The maximum absolute atomic E-state index is 12.5. The van der Waals surface area contributed by atoms with Gasteiger partial charge in [0, 0.05) is 17.5 Å². The average Bonchev–Trinajstić information content (AvgIpc) is 3.16. The van der Waals surface area contributed by atoms with E-state index < -0.39 is 0 Å². The molecule has 1 atom stereocenters. The van der Waals surface area contributed by atoms with Crippen LogP contribution < -0.4 is 16.0 Å². The third kappa shape index (κ3) is 2.82. The third-order valence-electron chi connectivity index (χ3n) is 5.71. The molecule has 2 saturated heterocycles. The van der Waals surface area contributed by atoms with Crippen molar-refractivity contribution in [2.75, 3.05) is 19.6 Å². The molecular formula is C19H25N3O2. The van der Waals surface area contributed by atoms with Crippen LogP contribution in [-0.4, -0.2) is 31.6 Å². The number of carbonyl (C=O) groups excluding carboxylic acids is 1. The van der Waals surface area contributed by atoms with Crippen molar-refractivity contribution in [1.82, 2.24) is 16.0 Å². The van der Waals surface area contributed by atoms with E-state index in [2.05, 4.69) is 22.0 Å². The number of hydrogen-bond acceptors (Lipinski definition) is 4. The molecule has 2 aliphatic heterocycles. The van der Waals surface area contributed by atoms with Crippen LogP contribution in [0.4, 0.5) is 0 Å². The van der Waals surface area contributed by atoms with Crippen molar-refractivity contribution >= 4 is 16.9 Å². The maximum atomic E-state index is 12.5. The summed E-state index contributed by atoms with van der Waals surface area (Å²) in [6.45, 7) is 5.58. The molecule has 0 unspecified atom stereocenters. The first-order valence-electron chi connectivity index (χ1n) is 8.86. The number of amides is 1. The van der Waals surface area contributed by atoms with E-state index in [1.807, 2.05) is 25.1 Å². The molecule has 1 aromatic heterocycles. The molecule has 1 spiro atoms. The number of nitrogens with one attached hydrogen (secondary N) is 3. The Morgan fingerprint density at radius 2 is 2.12 bits per heavy atom. The number of carbonyl (C=O) groups is 1. The lowest BCUT2D eigenvalue weighted by Crippen LogP contribution is -2.40. The van der Waals surface area contributed by atoms with Gasteiger partial charge in [0.25, 0.3) is 0 Å². The van der Waals surface area contributed by atoms with Gasteiger partial charge in [0.1, 0.15) is 11.3 Å². The number of furan rings is 1. The van der Waals surface area contributed by atoms with E-state index >= 15 is 0 Å². The standard InChI is InChI=1S/C19H25N3O2/c1-13-14-4-2-3-5-16(14)24-17(13)11-21-18(23)15-10-19(12-22-15)6-8-20-9-7-19/h2-5,15,20,22H,6-12H2,1H3,(H,21,23)/t15-/m1/s1. The van der Waals surface area contributed by atoms with Crippen LogP contribution in [0.15, 0.2) is 28.7 Å². The Morgan fingerprint density at radius 3 is 2.92 bits per heavy atom. The van der Waals surface area contributed by atoms with Crippen LogP contribution >= 0.6 is 0 Å². The van der Waals surface area contributed by atoms with Gasteiger partial charge in [0.15, 0.2) is 0 Å². The number of para-hydroxylation sites is 1. The van der Waals surface area contributed by atoms with E-state index in [-0.39, 0.29) is 11.9 Å². The number of benzene rings is 1. The molecule has 1 amide bonds. The highest BCUT2D eigenvalue weighted by molar-refractivity contribution is 5.83. The molecule has 5 heteroatoms. The molecule has 0 saturated carbocycles. The summed E-state index contributed by atoms with van der Waals surface area (Å²) in [5.74, 6) is 0.935. The van der Waals surface area contributed by atoms with Gasteiger partial charge in [-0.25, -0.2) is 0 Å². The lowest BCUT2D eigenvalue weighted by molar-refractivity contribution is -0.123. The zero-order chi connectivity index (χ0) is 16.6. The van der Waals surface area contributed by atoms with Gasteiger partial charge in [-0.15, -0.1) is 0 Å². The van der Waals surface area contributed by atoms with E-state index in [4.69, 9.17) is 4.42 Å². The van der Waals surface area contributed by atoms with Crippen molar-refractivity contribution in [3.63, 3.8) is 0 Å². The fourth-order valence-corrected chi connectivity index (χ4v) is 4.12. The summed E-state index contributed by atoms with van der Waals surface area (Å²) in [6.07, 6.45) is 3.26. The van der Waals surface area contributed by atoms with Gasteiger partial charge >= 0.3 is 0 Å². The van der Waals surface area contributed by atoms with E-state index in [0.717, 1.165) is 61.2 Å². The largest absolute Gasteiger partial charge is 0.459 e. The predicted octanol–water partition coefficient (Wildman–Crippen LogP) is 2.09. The molecule has 0 aliphatic carbocycles. The Labute approximate surface area is 142 Å². The number of rotatable bonds is 3. The maximum Gasteiger partial charge on any atom is 0.237 e. The highest BCUT2D eigenvalue weighted by Gasteiger charge is 2.42. The lowest BCUT2D eigenvalue weighted by atomic mass is 9.77. The molecule has 2 fully saturated rings. The highest BCUT2D eigenvalue weighted by Crippen LogP contribution is 2.37. The number of fused-ring (bicyclic) bond motifs is 1. The first kappa shape index (κ1) is 15.7. The van der Waals surface area contributed by atoms with Gasteiger partial charge < -0.3 is 20.4 Å². The van der Waals surface area contributed by atoms with Crippen LogP contribution in [0.1, 0.15) is 30.6 Å². The Hall–Kier alpha value is -1.85. The Kier molecular flexibility index (Phi) is 4.06. The molecule has 4 rings (SSSR count). The second-order valence-corrected chi connectivity index (χ2v) is 7.25. The highest BCUT2D eigenvalue weighted by atomic mass is 16.3. The summed E-state index contributed by atoms with van der Waals surface area (Å²) in [5.41, 5.74) is 2.30. The van der Waals surface area contributed by atoms with Gasteiger partial charge in [-0.3, -0.25) is 4.79 Å². The van der Waals surface area contributed by atoms with Crippen LogP contribution in [0.25, 0.3) is 11.0 Å². The summed E-state index contributed by atoms with van der Waals surface area (Å²) in [5, 5.41) is 11.0. The molecule has 2 aromatic rings. The number of piperidine rings is 1. The molecule has 0 radical (unpaired) electrons. The van der Waals surface area contributed by atoms with Crippen molar-refractivity contribution in [3.8, 4) is 0 Å². The average molecular weight is 327 g/mol. The van der Waals surface area contributed by atoms with Crippen LogP contribution in [-0.2, 0) is 11.3 Å². The minimum absolute atomic E-state index is 0.0761. The predicted molar refractivity (Wildman–Crippen MR) is 93.7 cm³/mol. The summed E-state index contributed by atoms with van der Waals surface area (Å²) in [6, 6.07) is 7.92. The quantitative estimate of drug-likeness (QED) is 0.808. The summed E-state index contributed by atoms with van der Waals surface area (Å²) in [4.78, 5) is 12.5. The van der Waals surface area contributed by atoms with Crippen LogP contribution in [0.2, 0.25) is 0 Å². The van der Waals surface area contributed by atoms with Crippen molar-refractivity contribution in [2.24, 2.45) is 5.41 Å². The van der Waals surface area contributed by atoms with E-state index in [1.165, 1.54) is 0 Å². The fraction of sp³-hybridized carbons (Fsp3) is 0.526. The van der Waals surface area contributed by atoms with Gasteiger partial charge in [-0.1, -0.05) is 18.2 Å². The topological polar surface area (TPSA) is 66.3 Å². The monoisotopic (exact) mass is 327 g/mol. The van der Waals surface area contributed by atoms with Crippen molar-refractivity contribution < 1.29 is 9.21 Å². The third-order valence-corrected chi connectivity index (χ3v) is 5.71. The lowest BCUT2D eigenvalue weighted by Gasteiger charge is -2.33. The van der Waals surface area contributed by atoms with Crippen LogP contribution in [0, 0.1) is 12.3 Å². The van der Waals surface area contributed by atoms with Crippen molar-refractivity contribution in [1.29, 1.82) is 0 Å². The van der Waals surface area contributed by atoms with E-state index in [9.17, 15) is 4.79 Å². The van der Waals surface area contributed by atoms with Gasteiger partial charge in [-0.2, -0.15) is 0 Å². The molecular weight excluding hydrogens is 302 g/mol. The summed E-state index contributed by atoms with van der Waals surface area (Å²) < 4.78 is 5.88. The van der Waals surface area contributed by atoms with Gasteiger partial charge in [-0.05, 0) is 50.8 Å². The molecule has 1 aromatic carbocycles. The first-order valence-corrected chi connectivity index (χ1v) is 8.86.